The Bertz CT molecular complexity index is 1310. The van der Waals surface area contributed by atoms with Gasteiger partial charge in [-0.2, -0.15) is 0 Å². The molecule has 10 heteroatoms. The van der Waals surface area contributed by atoms with Crippen LogP contribution in [0.5, 0.6) is 0 Å². The van der Waals surface area contributed by atoms with Crippen molar-refractivity contribution in [3.63, 3.8) is 0 Å². The Morgan fingerprint density at radius 2 is 1.74 bits per heavy atom. The maximum Gasteiger partial charge on any atom is 0.269 e. The molecule has 0 aliphatic carbocycles. The van der Waals surface area contributed by atoms with Gasteiger partial charge >= 0.3 is 0 Å². The molecule has 4 rings (SSSR count). The van der Waals surface area contributed by atoms with Crippen LogP contribution in [0.15, 0.2) is 84.0 Å². The molecule has 34 heavy (non-hydrogen) atoms. The van der Waals surface area contributed by atoms with E-state index in [1.54, 1.807) is 7.05 Å². The molecule has 0 N–H and O–H groups in total. The van der Waals surface area contributed by atoms with E-state index in [-0.39, 0.29) is 23.9 Å². The van der Waals surface area contributed by atoms with Crippen molar-refractivity contribution in [1.29, 1.82) is 0 Å². The molecule has 0 radical (unpaired) electrons. The Morgan fingerprint density at radius 1 is 1.06 bits per heavy atom. The van der Waals surface area contributed by atoms with Gasteiger partial charge in [0.25, 0.3) is 5.69 Å². The Hall–Kier alpha value is -3.69. The van der Waals surface area contributed by atoms with Crippen LogP contribution in [0.3, 0.4) is 0 Å². The Kier molecular flexibility index (Phi) is 7.24. The number of amides is 1. The lowest BCUT2D eigenvalue weighted by atomic mass is 10.2. The van der Waals surface area contributed by atoms with Crippen molar-refractivity contribution in [3.8, 4) is 17.1 Å². The molecule has 8 nitrogen and oxygen atoms in total. The van der Waals surface area contributed by atoms with Crippen LogP contribution in [0, 0.1) is 10.1 Å². The van der Waals surface area contributed by atoms with E-state index < -0.39 is 4.92 Å². The van der Waals surface area contributed by atoms with Gasteiger partial charge in [-0.05, 0) is 23.8 Å². The molecule has 0 atom stereocenters. The lowest BCUT2D eigenvalue weighted by Crippen LogP contribution is -2.28. The molecule has 0 saturated carbocycles. The molecule has 4 aromatic rings. The number of nitrogens with zero attached hydrogens (tertiary/aromatic N) is 5. The first-order valence-corrected chi connectivity index (χ1v) is 11.7. The van der Waals surface area contributed by atoms with Crippen LogP contribution in [0.25, 0.3) is 17.1 Å². The maximum absolute atomic E-state index is 12.8. The summed E-state index contributed by atoms with van der Waals surface area (Å²) in [6.07, 6.45) is 0. The molecule has 0 fully saturated rings. The van der Waals surface area contributed by atoms with E-state index in [0.29, 0.717) is 21.6 Å². The van der Waals surface area contributed by atoms with Crippen LogP contribution < -0.4 is 0 Å². The molecule has 0 saturated heterocycles. The molecule has 1 amide bonds. The Balaban J connectivity index is 1.52. The van der Waals surface area contributed by atoms with Crippen molar-refractivity contribution in [2.24, 2.45) is 0 Å². The number of rotatable bonds is 8. The molecule has 0 unspecified atom stereocenters. The average molecular weight is 494 g/mol. The van der Waals surface area contributed by atoms with E-state index in [0.717, 1.165) is 11.3 Å². The van der Waals surface area contributed by atoms with Gasteiger partial charge in [0.1, 0.15) is 0 Å². The fourth-order valence-corrected chi connectivity index (χ4v) is 4.39. The molecule has 3 aromatic carbocycles. The zero-order chi connectivity index (χ0) is 24.1. The first-order valence-electron chi connectivity index (χ1n) is 10.3. The van der Waals surface area contributed by atoms with Crippen molar-refractivity contribution in [1.82, 2.24) is 19.7 Å². The van der Waals surface area contributed by atoms with E-state index in [1.807, 2.05) is 65.2 Å². The van der Waals surface area contributed by atoms with Crippen LogP contribution in [0.2, 0.25) is 5.02 Å². The summed E-state index contributed by atoms with van der Waals surface area (Å²) in [6, 6.07) is 23.6. The second kappa shape index (κ2) is 10.5. The highest BCUT2D eigenvalue weighted by atomic mass is 35.5. The van der Waals surface area contributed by atoms with Crippen molar-refractivity contribution in [2.75, 3.05) is 12.8 Å². The number of hydrogen-bond acceptors (Lipinski definition) is 6. The molecule has 0 spiro atoms. The normalized spacial score (nSPS) is 10.8. The number of non-ortho nitro benzene ring substituents is 1. The number of carbonyl (C=O) groups is 1. The largest absolute Gasteiger partial charge is 0.341 e. The first-order chi connectivity index (χ1) is 16.4. The lowest BCUT2D eigenvalue weighted by Gasteiger charge is -2.18. The SMILES string of the molecule is CN(Cc1cc([N+](=O)[O-])ccc1Cl)C(=O)CSc1nnc(-c2ccccc2)n1-c1ccccc1. The van der Waals surface area contributed by atoms with Gasteiger partial charge in [0.2, 0.25) is 5.91 Å². The summed E-state index contributed by atoms with van der Waals surface area (Å²) in [5.74, 6) is 0.623. The fourth-order valence-electron chi connectivity index (χ4n) is 3.32. The van der Waals surface area contributed by atoms with Gasteiger partial charge in [0.05, 0.1) is 10.7 Å². The van der Waals surface area contributed by atoms with Crippen LogP contribution >= 0.6 is 23.4 Å². The minimum atomic E-state index is -0.488. The zero-order valence-electron chi connectivity index (χ0n) is 18.2. The van der Waals surface area contributed by atoms with Gasteiger partial charge in [0.15, 0.2) is 11.0 Å². The molecule has 0 aliphatic rings. The fraction of sp³-hybridized carbons (Fsp3) is 0.125. The highest BCUT2D eigenvalue weighted by molar-refractivity contribution is 7.99. The third kappa shape index (κ3) is 5.27. The molecule has 0 bridgehead atoms. The summed E-state index contributed by atoms with van der Waals surface area (Å²) in [4.78, 5) is 24.9. The number of carbonyl (C=O) groups excluding carboxylic acids is 1. The predicted molar refractivity (Wildman–Crippen MR) is 132 cm³/mol. The van der Waals surface area contributed by atoms with Gasteiger partial charge in [-0.15, -0.1) is 10.2 Å². The van der Waals surface area contributed by atoms with Gasteiger partial charge in [0, 0.05) is 42.0 Å². The topological polar surface area (TPSA) is 94.2 Å². The minimum Gasteiger partial charge on any atom is -0.341 e. The van der Waals surface area contributed by atoms with Crippen molar-refractivity contribution in [2.45, 2.75) is 11.7 Å². The van der Waals surface area contributed by atoms with Crippen LogP contribution in [-0.4, -0.2) is 43.3 Å². The third-order valence-corrected chi connectivity index (χ3v) is 6.36. The zero-order valence-corrected chi connectivity index (χ0v) is 19.7. The van der Waals surface area contributed by atoms with E-state index in [4.69, 9.17) is 11.6 Å². The average Bonchev–Trinajstić information content (AvgIpc) is 3.28. The highest BCUT2D eigenvalue weighted by Gasteiger charge is 2.19. The summed E-state index contributed by atoms with van der Waals surface area (Å²) in [7, 11) is 1.63. The van der Waals surface area contributed by atoms with Gasteiger partial charge in [-0.1, -0.05) is 71.9 Å². The number of nitro groups is 1. The van der Waals surface area contributed by atoms with Crippen molar-refractivity contribution >= 4 is 35.0 Å². The Morgan fingerprint density at radius 3 is 2.41 bits per heavy atom. The summed E-state index contributed by atoms with van der Waals surface area (Å²) < 4.78 is 1.92. The van der Waals surface area contributed by atoms with E-state index in [9.17, 15) is 14.9 Å². The number of benzene rings is 3. The smallest absolute Gasteiger partial charge is 0.269 e. The van der Waals surface area contributed by atoms with E-state index >= 15 is 0 Å². The van der Waals surface area contributed by atoms with E-state index in [2.05, 4.69) is 10.2 Å². The molecule has 0 aliphatic heterocycles. The predicted octanol–water partition coefficient (Wildman–Crippen LogP) is 5.25. The molecule has 172 valence electrons. The van der Waals surface area contributed by atoms with Gasteiger partial charge in [-0.25, -0.2) is 0 Å². The maximum atomic E-state index is 12.8. The number of nitro benzene ring substituents is 1. The molecule has 1 heterocycles. The quantitative estimate of drug-likeness (QED) is 0.189. The standard InChI is InChI=1S/C24H20ClN5O3S/c1-28(15-18-14-20(30(32)33)12-13-21(18)25)22(31)16-34-24-27-26-23(17-8-4-2-5-9-17)29(24)19-10-6-3-7-11-19/h2-14H,15-16H2,1H3. The molecular formula is C24H20ClN5O3S. The van der Waals surface area contributed by atoms with Crippen molar-refractivity contribution < 1.29 is 9.72 Å². The summed E-state index contributed by atoms with van der Waals surface area (Å²) in [5.41, 5.74) is 2.24. The number of hydrogen-bond donors (Lipinski definition) is 0. The van der Waals surface area contributed by atoms with Gasteiger partial charge < -0.3 is 4.90 Å². The van der Waals surface area contributed by atoms with Crippen LogP contribution in [-0.2, 0) is 11.3 Å². The van der Waals surface area contributed by atoms with Crippen LogP contribution in [0.1, 0.15) is 5.56 Å². The summed E-state index contributed by atoms with van der Waals surface area (Å²) in [6.45, 7) is 0.153. The van der Waals surface area contributed by atoms with Crippen LogP contribution in [0.4, 0.5) is 5.69 Å². The first kappa shape index (κ1) is 23.5. The number of thioether (sulfide) groups is 1. The lowest BCUT2D eigenvalue weighted by molar-refractivity contribution is -0.384. The second-order valence-electron chi connectivity index (χ2n) is 7.41. The van der Waals surface area contributed by atoms with E-state index in [1.165, 1.54) is 34.9 Å². The van der Waals surface area contributed by atoms with Crippen molar-refractivity contribution in [3.05, 3.63) is 99.6 Å². The summed E-state index contributed by atoms with van der Waals surface area (Å²) in [5, 5.41) is 20.7. The summed E-state index contributed by atoms with van der Waals surface area (Å²) >= 11 is 7.46. The number of para-hydroxylation sites is 1. The third-order valence-electron chi connectivity index (χ3n) is 5.08. The number of aromatic nitrogens is 3. The minimum absolute atomic E-state index is 0.0703. The molecule has 1 aromatic heterocycles. The molecular weight excluding hydrogens is 474 g/mol. The monoisotopic (exact) mass is 493 g/mol. The number of halogens is 1. The highest BCUT2D eigenvalue weighted by Crippen LogP contribution is 2.28. The Labute approximate surface area is 205 Å². The van der Waals surface area contributed by atoms with Gasteiger partial charge in [-0.3, -0.25) is 19.5 Å². The second-order valence-corrected chi connectivity index (χ2v) is 8.76.